The normalized spacial score (nSPS) is 20.5. The average Bonchev–Trinajstić information content (AvgIpc) is 3.98. The molecule has 7 heterocycles. The number of rotatable bonds is 21. The lowest BCUT2D eigenvalue weighted by molar-refractivity contribution is -0.139. The number of unbranched alkanes of at least 4 members (excludes halogenated alkanes) is 5. The van der Waals surface area contributed by atoms with Crippen LogP contribution in [0.15, 0.2) is 59.7 Å². The number of amides is 5. The van der Waals surface area contributed by atoms with Crippen molar-refractivity contribution in [1.82, 2.24) is 45.4 Å². The molecule has 3 saturated heterocycles. The molecule has 5 aliphatic heterocycles. The standard InChI is InChI=1S/C61H75F2N13O6S/c1-37(66-2)58(80)70-55(61(82)74-27-10-12-49(74)59-69-47(36-83-59)56(79)39-15-17-41(62)18-16-39)38-23-28-72(29-24-38)53(78)14-8-6-4-3-5-7-13-52(77)67-25-30-76-51(33-64)54-40-31-50(57(65)68-34-40)73-26-9-11-48(73)45-32-42(63)19-22-44(45)60(81)75(43-20-21-43)35-46(54)71-76/h15-19,22,31-32,34,37-38,43,47-49,55,66H,3-14,20-21,23-30,35-36H2,1-2H3,(H2,65,68)(H,67,77)(H,70,80)/t37-,47?,48-,49-,55-/m1/s1. The van der Waals surface area contributed by atoms with E-state index in [2.05, 4.69) is 31.9 Å². The van der Waals surface area contributed by atoms with Crippen molar-refractivity contribution in [1.29, 1.82) is 5.26 Å². The minimum Gasteiger partial charge on any atom is -0.382 e. The monoisotopic (exact) mass is 1160 g/mol. The van der Waals surface area contributed by atoms with Crippen LogP contribution in [0.25, 0.3) is 11.1 Å². The van der Waals surface area contributed by atoms with E-state index in [9.17, 15) is 42.8 Å². The first-order valence-electron chi connectivity index (χ1n) is 29.7. The van der Waals surface area contributed by atoms with Crippen LogP contribution < -0.4 is 26.6 Å². The van der Waals surface area contributed by atoms with E-state index in [0.29, 0.717) is 122 Å². The molecular weight excluding hydrogens is 1080 g/mol. The van der Waals surface area contributed by atoms with Gasteiger partial charge in [-0.25, -0.2) is 13.8 Å². The number of hydrogen-bond donors (Lipinski definition) is 4. The summed E-state index contributed by atoms with van der Waals surface area (Å²) in [7, 11) is 1.69. The first-order chi connectivity index (χ1) is 40.2. The fourth-order valence-corrected chi connectivity index (χ4v) is 13.7. The van der Waals surface area contributed by atoms with Gasteiger partial charge in [0, 0.05) is 85.8 Å². The zero-order valence-corrected chi connectivity index (χ0v) is 48.2. The van der Waals surface area contributed by atoms with Crippen LogP contribution in [0.5, 0.6) is 0 Å². The molecule has 83 heavy (non-hydrogen) atoms. The molecule has 5 N–H and O–H groups in total. The predicted molar refractivity (Wildman–Crippen MR) is 312 cm³/mol. The number of halogens is 2. The van der Waals surface area contributed by atoms with Crippen molar-refractivity contribution in [3.05, 3.63) is 94.4 Å². The number of ketones is 1. The molecule has 19 nitrogen and oxygen atoms in total. The Bertz CT molecular complexity index is 3160. The average molecular weight is 1160 g/mol. The number of aromatic nitrogens is 3. The number of nitrogens with two attached hydrogens (primary N) is 1. The molecule has 440 valence electrons. The van der Waals surface area contributed by atoms with Crippen LogP contribution in [0.4, 0.5) is 20.3 Å². The Labute approximate surface area is 487 Å². The largest absolute Gasteiger partial charge is 0.382 e. The van der Waals surface area contributed by atoms with Gasteiger partial charge in [0.25, 0.3) is 5.91 Å². The number of hydrogen-bond acceptors (Lipinski definition) is 14. The molecular formula is C61H75F2N13O6S. The van der Waals surface area contributed by atoms with Gasteiger partial charge in [0.15, 0.2) is 5.78 Å². The number of thioether (sulfide) groups is 1. The number of nitrogens with one attached hydrogen (secondary N) is 3. The lowest BCUT2D eigenvalue weighted by Gasteiger charge is -2.38. The first-order valence-corrected chi connectivity index (χ1v) is 30.6. The molecule has 0 spiro atoms. The number of likely N-dealkylation sites (tertiary alicyclic amines) is 2. The van der Waals surface area contributed by atoms with Gasteiger partial charge >= 0.3 is 0 Å². The minimum atomic E-state index is -0.785. The number of nitrogen functional groups attached to an aromatic ring is 1. The fourth-order valence-electron chi connectivity index (χ4n) is 12.6. The summed E-state index contributed by atoms with van der Waals surface area (Å²) in [5.41, 5.74) is 10.6. The number of likely N-dealkylation sites (N-methyl/N-ethyl adjacent to an activating group) is 1. The smallest absolute Gasteiger partial charge is 0.254 e. The molecule has 1 aliphatic carbocycles. The molecule has 0 radical (unpaired) electrons. The highest BCUT2D eigenvalue weighted by molar-refractivity contribution is 8.14. The van der Waals surface area contributed by atoms with Gasteiger partial charge in [-0.3, -0.25) is 38.4 Å². The molecule has 1 saturated carbocycles. The van der Waals surface area contributed by atoms with Gasteiger partial charge in [-0.2, -0.15) is 10.4 Å². The van der Waals surface area contributed by atoms with Crippen LogP contribution in [0.1, 0.15) is 153 Å². The second-order valence-electron chi connectivity index (χ2n) is 22.9. The number of anilines is 2. The van der Waals surface area contributed by atoms with Crippen molar-refractivity contribution >= 4 is 63.6 Å². The third-order valence-corrected chi connectivity index (χ3v) is 18.6. The molecule has 2 aromatic carbocycles. The summed E-state index contributed by atoms with van der Waals surface area (Å²) >= 11 is 1.47. The number of fused-ring (bicyclic) bond motifs is 8. The van der Waals surface area contributed by atoms with Crippen LogP contribution in [0, 0.1) is 28.9 Å². The molecule has 6 aliphatic rings. The van der Waals surface area contributed by atoms with E-state index >= 15 is 0 Å². The minimum absolute atomic E-state index is 0.0179. The Balaban J connectivity index is 0.666. The number of carbonyl (C=O) groups is 6. The molecule has 5 amide bonds. The topological polar surface area (TPSA) is 244 Å². The first kappa shape index (κ1) is 58.9. The second kappa shape index (κ2) is 26.5. The molecule has 5 atom stereocenters. The second-order valence-corrected chi connectivity index (χ2v) is 24.0. The van der Waals surface area contributed by atoms with Crippen LogP contribution in [0.2, 0.25) is 0 Å². The number of nitriles is 1. The summed E-state index contributed by atoms with van der Waals surface area (Å²) in [4.78, 5) is 99.0. The van der Waals surface area contributed by atoms with Gasteiger partial charge in [-0.1, -0.05) is 25.7 Å². The Morgan fingerprint density at radius 3 is 2.30 bits per heavy atom. The Kier molecular flexibility index (Phi) is 18.8. The Hall–Kier alpha value is -7.25. The zero-order valence-electron chi connectivity index (χ0n) is 47.4. The Morgan fingerprint density at radius 1 is 0.855 bits per heavy atom. The lowest BCUT2D eigenvalue weighted by Crippen LogP contribution is -2.58. The number of aliphatic imine (C=N–C) groups is 1. The highest BCUT2D eigenvalue weighted by Crippen LogP contribution is 2.44. The number of nitrogens with zero attached hydrogens (tertiary/aromatic N) is 9. The van der Waals surface area contributed by atoms with E-state index < -0.39 is 29.8 Å². The number of pyridine rings is 1. The highest BCUT2D eigenvalue weighted by atomic mass is 32.2. The highest BCUT2D eigenvalue weighted by Gasteiger charge is 2.44. The maximum atomic E-state index is 14.9. The number of benzene rings is 2. The van der Waals surface area contributed by atoms with Crippen molar-refractivity contribution in [3.63, 3.8) is 0 Å². The summed E-state index contributed by atoms with van der Waals surface area (Å²) in [5, 5.41) is 25.3. The van der Waals surface area contributed by atoms with Crippen LogP contribution in [0.3, 0.4) is 0 Å². The fraction of sp³-hybridized carbons (Fsp3) is 0.541. The molecule has 4 fully saturated rings. The maximum Gasteiger partial charge on any atom is 0.254 e. The van der Waals surface area contributed by atoms with Crippen molar-refractivity contribution in [3.8, 4) is 17.2 Å². The lowest BCUT2D eigenvalue weighted by atomic mass is 9.87. The summed E-state index contributed by atoms with van der Waals surface area (Å²) in [6, 6.07) is 11.5. The molecule has 10 rings (SSSR count). The van der Waals surface area contributed by atoms with Crippen molar-refractivity contribution < 1.29 is 37.5 Å². The maximum absolute atomic E-state index is 14.9. The van der Waals surface area contributed by atoms with Gasteiger partial charge in [-0.05, 0) is 138 Å². The van der Waals surface area contributed by atoms with Crippen molar-refractivity contribution in [2.75, 3.05) is 56.2 Å². The summed E-state index contributed by atoms with van der Waals surface area (Å²) < 4.78 is 30.1. The molecule has 1 unspecified atom stereocenters. The van der Waals surface area contributed by atoms with E-state index in [0.717, 1.165) is 62.8 Å². The zero-order chi connectivity index (χ0) is 58.3. The molecule has 22 heteroatoms. The van der Waals surface area contributed by atoms with E-state index in [4.69, 9.17) is 15.8 Å². The molecule has 2 aromatic heterocycles. The SMILES string of the molecule is CN[C@H](C)C(=O)N[C@@H](C(=O)N1CCC[C@@H]1C1=NC(C(=O)c2ccc(F)cc2)CS1)C1CCN(C(=O)CCCCCCCCC(=O)NCCn2nc3c(c2C#N)-c2cnc(N)c(c2)N2CCC[C@@H]2c2cc(F)ccc2C(=O)N(C2CC2)C3)CC1. The Morgan fingerprint density at radius 2 is 1.57 bits per heavy atom. The predicted octanol–water partition coefficient (Wildman–Crippen LogP) is 7.09. The van der Waals surface area contributed by atoms with Crippen molar-refractivity contribution in [2.45, 2.75) is 159 Å². The van der Waals surface area contributed by atoms with Gasteiger partial charge in [0.1, 0.15) is 41.3 Å². The summed E-state index contributed by atoms with van der Waals surface area (Å²) in [6.07, 6.45) is 13.2. The third kappa shape index (κ3) is 13.4. The summed E-state index contributed by atoms with van der Waals surface area (Å²) in [5.74, 6) is -1.16. The van der Waals surface area contributed by atoms with Gasteiger partial charge in [-0.15, -0.1) is 11.8 Å². The number of Topliss-reactive ketones (excluding diaryl/α,β-unsaturated/α-hetero) is 1. The van der Waals surface area contributed by atoms with Crippen molar-refractivity contribution in [2.24, 2.45) is 10.9 Å². The summed E-state index contributed by atoms with van der Waals surface area (Å²) in [6.45, 7) is 4.44. The quantitative estimate of drug-likeness (QED) is 0.0482. The van der Waals surface area contributed by atoms with E-state index in [1.165, 1.54) is 48.2 Å². The number of piperidine rings is 1. The van der Waals surface area contributed by atoms with Crippen LogP contribution >= 0.6 is 11.8 Å². The number of carbonyl (C=O) groups excluding carboxylic acids is 6. The van der Waals surface area contributed by atoms with E-state index in [1.807, 2.05) is 15.9 Å². The van der Waals surface area contributed by atoms with Gasteiger partial charge in [0.2, 0.25) is 23.6 Å². The van der Waals surface area contributed by atoms with Gasteiger partial charge < -0.3 is 41.3 Å². The van der Waals surface area contributed by atoms with Crippen LogP contribution in [-0.4, -0.2) is 146 Å². The third-order valence-electron chi connectivity index (χ3n) is 17.4. The van der Waals surface area contributed by atoms with Crippen LogP contribution in [-0.2, 0) is 32.3 Å². The van der Waals surface area contributed by atoms with E-state index in [-0.39, 0.29) is 84.7 Å². The van der Waals surface area contributed by atoms with Gasteiger partial charge in [0.05, 0.1) is 47.6 Å². The molecule has 4 aromatic rings. The molecule has 2 bridgehead atoms. The van der Waals surface area contributed by atoms with E-state index in [1.54, 1.807) is 35.8 Å².